The molecule has 188 valence electrons. The number of methoxy groups -OCH3 is 1. The van der Waals surface area contributed by atoms with E-state index < -0.39 is 0 Å². The van der Waals surface area contributed by atoms with Crippen LogP contribution in [0.5, 0.6) is 17.2 Å². The molecule has 2 aliphatic rings. The van der Waals surface area contributed by atoms with Gasteiger partial charge in [-0.15, -0.1) is 0 Å². The largest absolute Gasteiger partial charge is 0.497 e. The zero-order valence-electron chi connectivity index (χ0n) is 21.1. The molecule has 6 heteroatoms. The summed E-state index contributed by atoms with van der Waals surface area (Å²) in [6, 6.07) is 14.5. The molecule has 1 aliphatic heterocycles. The van der Waals surface area contributed by atoms with Crippen LogP contribution in [0.3, 0.4) is 0 Å². The molecule has 0 bridgehead atoms. The van der Waals surface area contributed by atoms with Crippen molar-refractivity contribution in [1.82, 2.24) is 9.80 Å². The second-order valence-electron chi connectivity index (χ2n) is 9.50. The van der Waals surface area contributed by atoms with Crippen molar-refractivity contribution >= 4 is 12.0 Å². The number of carbonyl (C=O) groups excluding carboxylic acids is 1. The number of ether oxygens (including phenoxy) is 3. The van der Waals surface area contributed by atoms with E-state index >= 15 is 0 Å². The zero-order valence-corrected chi connectivity index (χ0v) is 21.1. The number of rotatable bonds is 12. The lowest BCUT2D eigenvalue weighted by Gasteiger charge is -2.29. The van der Waals surface area contributed by atoms with Crippen molar-refractivity contribution in [1.29, 1.82) is 0 Å². The van der Waals surface area contributed by atoms with Crippen LogP contribution in [0.2, 0.25) is 0 Å². The lowest BCUT2D eigenvalue weighted by molar-refractivity contribution is -0.132. The van der Waals surface area contributed by atoms with Crippen LogP contribution in [0.1, 0.15) is 49.7 Å². The molecule has 0 N–H and O–H groups in total. The Morgan fingerprint density at radius 3 is 2.71 bits per heavy atom. The van der Waals surface area contributed by atoms with Crippen molar-refractivity contribution in [2.45, 2.75) is 51.0 Å². The first-order valence-electron chi connectivity index (χ1n) is 12.8. The zero-order chi connectivity index (χ0) is 24.5. The van der Waals surface area contributed by atoms with Crippen LogP contribution < -0.4 is 14.2 Å². The summed E-state index contributed by atoms with van der Waals surface area (Å²) >= 11 is 0. The molecule has 6 nitrogen and oxygen atoms in total. The van der Waals surface area contributed by atoms with Gasteiger partial charge in [0, 0.05) is 25.6 Å². The van der Waals surface area contributed by atoms with Gasteiger partial charge in [0.2, 0.25) is 12.7 Å². The smallest absolute Gasteiger partial charge is 0.231 e. The van der Waals surface area contributed by atoms with Gasteiger partial charge in [0.1, 0.15) is 5.75 Å². The number of carbonyl (C=O) groups is 1. The van der Waals surface area contributed by atoms with Crippen LogP contribution >= 0.6 is 0 Å². The average molecular weight is 479 g/mol. The summed E-state index contributed by atoms with van der Waals surface area (Å²) in [7, 11) is 3.87. The van der Waals surface area contributed by atoms with Crippen LogP contribution in [-0.4, -0.2) is 62.3 Å². The number of hydrogen-bond donors (Lipinski definition) is 0. The molecule has 2 aromatic carbocycles. The lowest BCUT2D eigenvalue weighted by atomic mass is 10.1. The lowest BCUT2D eigenvalue weighted by Crippen LogP contribution is -2.40. The van der Waals surface area contributed by atoms with Crippen LogP contribution in [0.4, 0.5) is 0 Å². The maximum absolute atomic E-state index is 13.2. The summed E-state index contributed by atoms with van der Waals surface area (Å²) in [6.07, 6.45) is 11.1. The number of benzene rings is 2. The Hall–Kier alpha value is -2.99. The Kier molecular flexibility index (Phi) is 9.07. The van der Waals surface area contributed by atoms with E-state index in [0.717, 1.165) is 68.1 Å². The monoisotopic (exact) mass is 478 g/mol. The van der Waals surface area contributed by atoms with E-state index in [2.05, 4.69) is 29.0 Å². The van der Waals surface area contributed by atoms with E-state index in [4.69, 9.17) is 14.2 Å². The first kappa shape index (κ1) is 25.1. The van der Waals surface area contributed by atoms with E-state index in [9.17, 15) is 4.79 Å². The maximum atomic E-state index is 13.2. The van der Waals surface area contributed by atoms with Gasteiger partial charge in [0.05, 0.1) is 7.11 Å². The number of likely N-dealkylation sites (N-methyl/N-ethyl adjacent to an activating group) is 1. The molecule has 35 heavy (non-hydrogen) atoms. The second kappa shape index (κ2) is 12.6. The van der Waals surface area contributed by atoms with Crippen LogP contribution in [0.25, 0.3) is 6.08 Å². The normalized spacial score (nSPS) is 15.3. The van der Waals surface area contributed by atoms with Gasteiger partial charge < -0.3 is 24.0 Å². The number of fused-ring (bicyclic) bond motifs is 1. The minimum Gasteiger partial charge on any atom is -0.497 e. The third-order valence-corrected chi connectivity index (χ3v) is 6.94. The predicted octanol–water partition coefficient (Wildman–Crippen LogP) is 5.16. The van der Waals surface area contributed by atoms with Gasteiger partial charge in [-0.05, 0) is 74.7 Å². The first-order chi connectivity index (χ1) is 17.1. The highest BCUT2D eigenvalue weighted by atomic mass is 16.7. The molecule has 1 heterocycles. The summed E-state index contributed by atoms with van der Waals surface area (Å²) in [5.74, 6) is 2.68. The second-order valence-corrected chi connectivity index (χ2v) is 9.50. The van der Waals surface area contributed by atoms with Gasteiger partial charge in [-0.25, -0.2) is 0 Å². The van der Waals surface area contributed by atoms with Crippen LogP contribution in [-0.2, 0) is 11.2 Å². The van der Waals surface area contributed by atoms with Crippen molar-refractivity contribution in [3.63, 3.8) is 0 Å². The Morgan fingerprint density at radius 2 is 1.89 bits per heavy atom. The van der Waals surface area contributed by atoms with Crippen molar-refractivity contribution in [2.24, 2.45) is 0 Å². The van der Waals surface area contributed by atoms with Gasteiger partial charge in [-0.3, -0.25) is 4.79 Å². The average Bonchev–Trinajstić information content (AvgIpc) is 3.57. The van der Waals surface area contributed by atoms with E-state index in [1.165, 1.54) is 18.4 Å². The minimum atomic E-state index is 0.230. The highest BCUT2D eigenvalue weighted by molar-refractivity contribution is 5.79. The van der Waals surface area contributed by atoms with Gasteiger partial charge >= 0.3 is 0 Å². The maximum Gasteiger partial charge on any atom is 0.231 e. The Balaban J connectivity index is 1.24. The molecule has 0 unspecified atom stereocenters. The van der Waals surface area contributed by atoms with Gasteiger partial charge in [-0.2, -0.15) is 0 Å². The summed E-state index contributed by atoms with van der Waals surface area (Å²) in [4.78, 5) is 17.7. The molecule has 1 amide bonds. The number of amides is 1. The molecule has 1 fully saturated rings. The van der Waals surface area contributed by atoms with E-state index in [0.29, 0.717) is 12.5 Å². The molecule has 1 aliphatic carbocycles. The quantitative estimate of drug-likeness (QED) is 0.422. The number of hydrogen-bond acceptors (Lipinski definition) is 5. The van der Waals surface area contributed by atoms with Gasteiger partial charge in [0.15, 0.2) is 11.5 Å². The molecule has 0 atom stereocenters. The van der Waals surface area contributed by atoms with Crippen LogP contribution in [0, 0.1) is 0 Å². The molecule has 0 spiro atoms. The molecule has 1 saturated carbocycles. The molecule has 4 rings (SSSR count). The highest BCUT2D eigenvalue weighted by Crippen LogP contribution is 2.33. The van der Waals surface area contributed by atoms with Gasteiger partial charge in [-0.1, -0.05) is 43.2 Å². The molecule has 0 saturated heterocycles. The summed E-state index contributed by atoms with van der Waals surface area (Å²) in [6.45, 7) is 3.06. The van der Waals surface area contributed by atoms with Crippen molar-refractivity contribution in [3.8, 4) is 17.2 Å². The van der Waals surface area contributed by atoms with Crippen molar-refractivity contribution in [3.05, 3.63) is 59.7 Å². The minimum absolute atomic E-state index is 0.230. The molecular formula is C29H38N2O4. The van der Waals surface area contributed by atoms with Crippen molar-refractivity contribution < 1.29 is 19.0 Å². The third kappa shape index (κ3) is 7.25. The third-order valence-electron chi connectivity index (χ3n) is 6.94. The highest BCUT2D eigenvalue weighted by Gasteiger charge is 2.25. The molecular weight excluding hydrogens is 440 g/mol. The fraction of sp³-hybridized carbons (Fsp3) is 0.483. The first-order valence-corrected chi connectivity index (χ1v) is 12.8. The topological polar surface area (TPSA) is 51.2 Å². The molecule has 2 aromatic rings. The molecule has 0 radical (unpaired) electrons. The summed E-state index contributed by atoms with van der Waals surface area (Å²) in [5.41, 5.74) is 2.31. The fourth-order valence-electron chi connectivity index (χ4n) is 4.93. The van der Waals surface area contributed by atoms with Crippen molar-refractivity contribution in [2.75, 3.05) is 40.6 Å². The SMILES string of the molecule is COc1cccc(CCN(C)CCCN(C(=O)CC=Cc2ccc3c(c2)OCO3)C2CCCC2)c1. The van der Waals surface area contributed by atoms with E-state index in [-0.39, 0.29) is 12.7 Å². The fourth-order valence-corrected chi connectivity index (χ4v) is 4.93. The van der Waals surface area contributed by atoms with E-state index in [1.54, 1.807) is 7.11 Å². The summed E-state index contributed by atoms with van der Waals surface area (Å²) < 4.78 is 16.1. The molecule has 0 aromatic heterocycles. The number of nitrogens with zero attached hydrogens (tertiary/aromatic N) is 2. The Bertz CT molecular complexity index is 1000. The standard InChI is InChI=1S/C29H38N2O4/c1-30(19-16-24-8-5-12-26(20-24)33-2)17-7-18-31(25-10-3-4-11-25)29(32)13-6-9-23-14-15-27-28(21-23)35-22-34-27/h5-6,8-9,12,14-15,20-21,25H,3-4,7,10-11,13,16-19,22H2,1-2H3. The van der Waals surface area contributed by atoms with E-state index in [1.807, 2.05) is 42.5 Å². The summed E-state index contributed by atoms with van der Waals surface area (Å²) in [5, 5.41) is 0. The van der Waals surface area contributed by atoms with Gasteiger partial charge in [0.25, 0.3) is 0 Å². The van der Waals surface area contributed by atoms with Crippen LogP contribution in [0.15, 0.2) is 48.5 Å². The predicted molar refractivity (Wildman–Crippen MR) is 139 cm³/mol. The Morgan fingerprint density at radius 1 is 1.06 bits per heavy atom. The Labute approximate surface area is 209 Å².